The maximum atomic E-state index is 13.5. The van der Waals surface area contributed by atoms with Crippen molar-refractivity contribution in [3.63, 3.8) is 0 Å². The van der Waals surface area contributed by atoms with E-state index in [1.165, 1.54) is 41.4 Å². The van der Waals surface area contributed by atoms with Crippen LogP contribution in [-0.4, -0.2) is 48.5 Å². The van der Waals surface area contributed by atoms with Crippen LogP contribution in [0.3, 0.4) is 0 Å². The Kier molecular flexibility index (Phi) is 7.75. The van der Waals surface area contributed by atoms with Gasteiger partial charge in [-0.2, -0.15) is 4.39 Å². The first kappa shape index (κ1) is 27.6. The fraction of sp³-hybridized carbons (Fsp3) is 0.310. The van der Waals surface area contributed by atoms with Gasteiger partial charge in [0.25, 0.3) is 0 Å². The summed E-state index contributed by atoms with van der Waals surface area (Å²) in [5.74, 6) is -1.37. The lowest BCUT2D eigenvalue weighted by molar-refractivity contribution is -0.274. The first-order valence-electron chi connectivity index (χ1n) is 12.8. The van der Waals surface area contributed by atoms with Gasteiger partial charge in [0.15, 0.2) is 0 Å². The Morgan fingerprint density at radius 3 is 2.50 bits per heavy atom. The van der Waals surface area contributed by atoms with E-state index < -0.39 is 29.5 Å². The second-order valence-electron chi connectivity index (χ2n) is 9.99. The topological polar surface area (TPSA) is 57.7 Å². The average Bonchev–Trinajstić information content (AvgIpc) is 3.22. The van der Waals surface area contributed by atoms with E-state index in [0.717, 1.165) is 24.2 Å². The molecule has 210 valence electrons. The SMILES string of the molecule is O=C(NCc1ccnc(F)c1)N1CC2(CCN(C/C=C/c3ccc(F)cc3)CC2)c2ccc(OC(F)(F)F)cc21. The molecule has 2 aliphatic rings. The van der Waals surface area contributed by atoms with Gasteiger partial charge in [0.05, 0.1) is 5.69 Å². The summed E-state index contributed by atoms with van der Waals surface area (Å²) >= 11 is 0. The number of pyridine rings is 1. The Morgan fingerprint density at radius 1 is 1.05 bits per heavy atom. The second-order valence-corrected chi connectivity index (χ2v) is 9.99. The average molecular weight is 559 g/mol. The molecule has 0 atom stereocenters. The van der Waals surface area contributed by atoms with Crippen LogP contribution in [0.4, 0.5) is 32.4 Å². The predicted molar refractivity (Wildman–Crippen MR) is 140 cm³/mol. The fourth-order valence-corrected chi connectivity index (χ4v) is 5.36. The number of ether oxygens (including phenoxy) is 1. The maximum Gasteiger partial charge on any atom is 0.573 e. The highest BCUT2D eigenvalue weighted by Crippen LogP contribution is 2.48. The number of rotatable bonds is 6. The number of aromatic nitrogens is 1. The molecule has 3 aromatic rings. The van der Waals surface area contributed by atoms with Crippen LogP contribution >= 0.6 is 0 Å². The van der Waals surface area contributed by atoms with E-state index in [1.54, 1.807) is 24.3 Å². The van der Waals surface area contributed by atoms with Gasteiger partial charge < -0.3 is 10.1 Å². The molecule has 6 nitrogen and oxygen atoms in total. The first-order chi connectivity index (χ1) is 19.1. The Labute approximate surface area is 228 Å². The Morgan fingerprint density at radius 2 is 1.80 bits per heavy atom. The van der Waals surface area contributed by atoms with Crippen molar-refractivity contribution in [1.29, 1.82) is 0 Å². The third-order valence-electron chi connectivity index (χ3n) is 7.36. The number of fused-ring (bicyclic) bond motifs is 2. The van der Waals surface area contributed by atoms with Crippen molar-refractivity contribution in [2.24, 2.45) is 0 Å². The highest BCUT2D eigenvalue weighted by Gasteiger charge is 2.46. The molecule has 1 N–H and O–H groups in total. The predicted octanol–water partition coefficient (Wildman–Crippen LogP) is 6.04. The van der Waals surface area contributed by atoms with Crippen LogP contribution in [-0.2, 0) is 12.0 Å². The van der Waals surface area contributed by atoms with Crippen LogP contribution < -0.4 is 15.0 Å². The number of alkyl halides is 3. The molecule has 1 spiro atoms. The lowest BCUT2D eigenvalue weighted by atomic mass is 9.74. The lowest BCUT2D eigenvalue weighted by Gasteiger charge is -2.39. The van der Waals surface area contributed by atoms with Crippen LogP contribution in [0.15, 0.2) is 66.9 Å². The summed E-state index contributed by atoms with van der Waals surface area (Å²) in [7, 11) is 0. The Balaban J connectivity index is 1.30. The second kappa shape index (κ2) is 11.2. The van der Waals surface area contributed by atoms with Crippen molar-refractivity contribution >= 4 is 17.8 Å². The monoisotopic (exact) mass is 558 g/mol. The number of likely N-dealkylation sites (tertiary alicyclic amines) is 1. The molecule has 0 radical (unpaired) electrons. The van der Waals surface area contributed by atoms with Crippen LogP contribution in [0.2, 0.25) is 0 Å². The van der Waals surface area contributed by atoms with Crippen LogP contribution in [0.1, 0.15) is 29.5 Å². The summed E-state index contributed by atoms with van der Waals surface area (Å²) < 4.78 is 69.5. The van der Waals surface area contributed by atoms with E-state index >= 15 is 0 Å². The molecule has 11 heteroatoms. The zero-order chi connectivity index (χ0) is 28.3. The van der Waals surface area contributed by atoms with Crippen LogP contribution in [0.5, 0.6) is 5.75 Å². The van der Waals surface area contributed by atoms with Crippen LogP contribution in [0, 0.1) is 11.8 Å². The van der Waals surface area contributed by atoms with E-state index in [0.29, 0.717) is 37.2 Å². The number of piperidine rings is 1. The minimum atomic E-state index is -4.87. The maximum absolute atomic E-state index is 13.5. The summed E-state index contributed by atoms with van der Waals surface area (Å²) in [6, 6.07) is 12.6. The van der Waals surface area contributed by atoms with Crippen molar-refractivity contribution in [3.05, 3.63) is 95.3 Å². The molecule has 2 aliphatic heterocycles. The van der Waals surface area contributed by atoms with Crippen molar-refractivity contribution in [3.8, 4) is 5.75 Å². The number of nitrogens with zero attached hydrogens (tertiary/aromatic N) is 3. The van der Waals surface area contributed by atoms with E-state index in [9.17, 15) is 26.7 Å². The highest BCUT2D eigenvalue weighted by molar-refractivity contribution is 5.95. The van der Waals surface area contributed by atoms with Gasteiger partial charge in [-0.3, -0.25) is 9.80 Å². The fourth-order valence-electron chi connectivity index (χ4n) is 5.36. The minimum absolute atomic E-state index is 0.0318. The number of hydrogen-bond donors (Lipinski definition) is 1. The van der Waals surface area contributed by atoms with Crippen molar-refractivity contribution in [1.82, 2.24) is 15.2 Å². The normalized spacial score (nSPS) is 16.9. The third-order valence-corrected chi connectivity index (χ3v) is 7.36. The number of hydrogen-bond acceptors (Lipinski definition) is 4. The molecule has 0 saturated carbocycles. The zero-order valence-electron chi connectivity index (χ0n) is 21.4. The molecule has 40 heavy (non-hydrogen) atoms. The van der Waals surface area contributed by atoms with Gasteiger partial charge in [-0.25, -0.2) is 14.2 Å². The first-order valence-corrected chi connectivity index (χ1v) is 12.8. The molecular weight excluding hydrogens is 531 g/mol. The van der Waals surface area contributed by atoms with Gasteiger partial charge in [0, 0.05) is 37.3 Å². The molecule has 1 aromatic heterocycles. The zero-order valence-corrected chi connectivity index (χ0v) is 21.4. The quantitative estimate of drug-likeness (QED) is 0.296. The molecule has 2 aromatic carbocycles. The number of urea groups is 1. The van der Waals surface area contributed by atoms with Gasteiger partial charge in [0.1, 0.15) is 11.6 Å². The third kappa shape index (κ3) is 6.41. The molecule has 1 fully saturated rings. The van der Waals surface area contributed by atoms with Crippen molar-refractivity contribution in [2.75, 3.05) is 31.1 Å². The van der Waals surface area contributed by atoms with E-state index in [2.05, 4.69) is 19.9 Å². The summed E-state index contributed by atoms with van der Waals surface area (Å²) in [4.78, 5) is 20.4. The highest BCUT2D eigenvalue weighted by atomic mass is 19.4. The smallest absolute Gasteiger partial charge is 0.406 e. The summed E-state index contributed by atoms with van der Waals surface area (Å²) in [5.41, 5.74) is 2.14. The summed E-state index contributed by atoms with van der Waals surface area (Å²) in [6.45, 7) is 2.46. The Bertz CT molecular complexity index is 1390. The van der Waals surface area contributed by atoms with Gasteiger partial charge in [-0.15, -0.1) is 13.2 Å². The largest absolute Gasteiger partial charge is 0.573 e. The lowest BCUT2D eigenvalue weighted by Crippen LogP contribution is -2.47. The number of benzene rings is 2. The van der Waals surface area contributed by atoms with Gasteiger partial charge >= 0.3 is 12.4 Å². The van der Waals surface area contributed by atoms with Crippen LogP contribution in [0.25, 0.3) is 6.08 Å². The summed E-state index contributed by atoms with van der Waals surface area (Å²) in [5, 5.41) is 2.74. The Hall–Kier alpha value is -3.99. The van der Waals surface area contributed by atoms with Gasteiger partial charge in [-0.05, 0) is 73.0 Å². The van der Waals surface area contributed by atoms with E-state index in [4.69, 9.17) is 0 Å². The van der Waals surface area contributed by atoms with Gasteiger partial charge in [0.2, 0.25) is 5.95 Å². The molecule has 3 heterocycles. The van der Waals surface area contributed by atoms with Crippen molar-refractivity contribution < 1.29 is 31.5 Å². The number of nitrogens with one attached hydrogen (secondary N) is 1. The molecule has 1 saturated heterocycles. The molecule has 2 amide bonds. The molecule has 0 unspecified atom stereocenters. The molecular formula is C29H27F5N4O2. The minimum Gasteiger partial charge on any atom is -0.406 e. The number of anilines is 1. The number of carbonyl (C=O) groups is 1. The number of halogens is 5. The van der Waals surface area contributed by atoms with Crippen molar-refractivity contribution in [2.45, 2.75) is 31.2 Å². The summed E-state index contributed by atoms with van der Waals surface area (Å²) in [6.07, 6.45) is 1.76. The van der Waals surface area contributed by atoms with Gasteiger partial charge in [-0.1, -0.05) is 30.4 Å². The number of amides is 2. The van der Waals surface area contributed by atoms with E-state index in [-0.39, 0.29) is 12.4 Å². The standard InChI is InChI=1S/C29H27F5N4O2/c30-22-5-3-20(4-6-22)2-1-13-37-14-10-28(11-15-37)19-38(27(39)36-18-21-9-12-35-26(31)16-21)25-17-23(7-8-24(25)28)40-29(32,33)34/h1-9,12,16-17H,10-11,13-15,18-19H2,(H,36,39)/b2-1+. The number of carbonyl (C=O) groups excluding carboxylic acids is 1. The van der Waals surface area contributed by atoms with E-state index in [1.807, 2.05) is 12.2 Å². The molecule has 0 bridgehead atoms. The molecule has 5 rings (SSSR count). The molecule has 0 aliphatic carbocycles.